The normalized spacial score (nSPS) is 22.9. The van der Waals surface area contributed by atoms with Crippen LogP contribution in [0, 0.1) is 0 Å². The van der Waals surface area contributed by atoms with E-state index in [-0.39, 0.29) is 6.61 Å². The topological polar surface area (TPSA) is 135 Å². The number of carbonyl (C=O) groups excluding carboxylic acids is 2. The standard InChI is InChI=1S/C15H22N4O5S/c1-23-9-4-3-8(7-10(9)24-2)13(21)17-11-12(16)18-15(19-14(11)22)25-6-5-20/h3-4,7,11-12,15,18,20H,5-6,16H2,1-2H3,(H,17,21)(H,19,22). The van der Waals surface area contributed by atoms with E-state index in [4.69, 9.17) is 20.3 Å². The van der Waals surface area contributed by atoms with Crippen molar-refractivity contribution < 1.29 is 24.2 Å². The third kappa shape index (κ3) is 4.75. The zero-order chi connectivity index (χ0) is 18.4. The molecule has 25 heavy (non-hydrogen) atoms. The molecule has 2 rings (SSSR count). The molecule has 0 aromatic heterocycles. The lowest BCUT2D eigenvalue weighted by Crippen LogP contribution is -2.70. The smallest absolute Gasteiger partial charge is 0.252 e. The molecule has 1 heterocycles. The van der Waals surface area contributed by atoms with Gasteiger partial charge in [-0.15, -0.1) is 11.8 Å². The lowest BCUT2D eigenvalue weighted by Gasteiger charge is -2.35. The van der Waals surface area contributed by atoms with Gasteiger partial charge in [0.05, 0.1) is 27.0 Å². The zero-order valence-electron chi connectivity index (χ0n) is 13.9. The van der Waals surface area contributed by atoms with Gasteiger partial charge in [-0.3, -0.25) is 14.9 Å². The molecule has 3 unspecified atom stereocenters. The van der Waals surface area contributed by atoms with Gasteiger partial charge in [0.15, 0.2) is 11.5 Å². The maximum atomic E-state index is 12.4. The van der Waals surface area contributed by atoms with Crippen LogP contribution in [-0.4, -0.2) is 61.2 Å². The Balaban J connectivity index is 2.04. The minimum atomic E-state index is -0.924. The SMILES string of the molecule is COc1ccc(C(=O)NC2C(=O)NC(SCCO)NC2N)cc1OC. The van der Waals surface area contributed by atoms with E-state index in [9.17, 15) is 9.59 Å². The number of nitrogens with two attached hydrogens (primary N) is 1. The molecule has 1 saturated heterocycles. The number of aliphatic hydroxyl groups excluding tert-OH is 1. The molecule has 0 aliphatic carbocycles. The van der Waals surface area contributed by atoms with Crippen molar-refractivity contribution in [1.82, 2.24) is 16.0 Å². The van der Waals surface area contributed by atoms with Crippen LogP contribution in [0.25, 0.3) is 0 Å². The van der Waals surface area contributed by atoms with E-state index in [1.807, 2.05) is 0 Å². The summed E-state index contributed by atoms with van der Waals surface area (Å²) in [6.07, 6.45) is -0.756. The molecular formula is C15H22N4O5S. The van der Waals surface area contributed by atoms with Crippen LogP contribution < -0.4 is 31.2 Å². The number of nitrogens with one attached hydrogen (secondary N) is 3. The number of thioether (sulfide) groups is 1. The summed E-state index contributed by atoms with van der Waals surface area (Å²) >= 11 is 1.32. The van der Waals surface area contributed by atoms with Crippen LogP contribution >= 0.6 is 11.8 Å². The summed E-state index contributed by atoms with van der Waals surface area (Å²) in [6.45, 7) is -0.00653. The number of ether oxygens (including phenoxy) is 2. The van der Waals surface area contributed by atoms with E-state index in [1.165, 1.54) is 32.0 Å². The molecule has 0 bridgehead atoms. The van der Waals surface area contributed by atoms with Crippen molar-refractivity contribution in [2.45, 2.75) is 17.7 Å². The Hall–Kier alpha value is -2.01. The van der Waals surface area contributed by atoms with Crippen LogP contribution in [0.5, 0.6) is 11.5 Å². The van der Waals surface area contributed by atoms with E-state index in [0.29, 0.717) is 22.8 Å². The maximum Gasteiger partial charge on any atom is 0.252 e. The molecule has 1 fully saturated rings. The number of hydrogen-bond donors (Lipinski definition) is 5. The first kappa shape index (κ1) is 19.3. The summed E-state index contributed by atoms with van der Waals surface area (Å²) in [4.78, 5) is 24.6. The van der Waals surface area contributed by atoms with Gasteiger partial charge in [0.25, 0.3) is 5.91 Å². The Morgan fingerprint density at radius 3 is 2.68 bits per heavy atom. The van der Waals surface area contributed by atoms with Crippen molar-refractivity contribution in [3.63, 3.8) is 0 Å². The minimum absolute atomic E-state index is 0.00653. The zero-order valence-corrected chi connectivity index (χ0v) is 14.8. The highest BCUT2D eigenvalue weighted by Gasteiger charge is 2.35. The Labute approximate surface area is 149 Å². The largest absolute Gasteiger partial charge is 0.493 e. The second-order valence-corrected chi connectivity index (χ2v) is 6.41. The van der Waals surface area contributed by atoms with Gasteiger partial charge in [-0.1, -0.05) is 0 Å². The van der Waals surface area contributed by atoms with E-state index in [2.05, 4.69) is 16.0 Å². The van der Waals surface area contributed by atoms with Crippen LogP contribution in [0.15, 0.2) is 18.2 Å². The fourth-order valence-corrected chi connectivity index (χ4v) is 3.11. The van der Waals surface area contributed by atoms with Gasteiger partial charge in [0, 0.05) is 11.3 Å². The highest BCUT2D eigenvalue weighted by atomic mass is 32.2. The second-order valence-electron chi connectivity index (χ2n) is 5.20. The van der Waals surface area contributed by atoms with E-state index in [1.54, 1.807) is 12.1 Å². The summed E-state index contributed by atoms with van der Waals surface area (Å²) in [5, 5.41) is 17.1. The van der Waals surface area contributed by atoms with Crippen LogP contribution in [-0.2, 0) is 4.79 Å². The number of methoxy groups -OCH3 is 2. The van der Waals surface area contributed by atoms with Gasteiger partial charge >= 0.3 is 0 Å². The van der Waals surface area contributed by atoms with E-state index >= 15 is 0 Å². The molecular weight excluding hydrogens is 348 g/mol. The van der Waals surface area contributed by atoms with Crippen molar-refractivity contribution in [3.05, 3.63) is 23.8 Å². The van der Waals surface area contributed by atoms with Crippen molar-refractivity contribution in [1.29, 1.82) is 0 Å². The fraction of sp³-hybridized carbons (Fsp3) is 0.467. The van der Waals surface area contributed by atoms with Crippen LogP contribution in [0.4, 0.5) is 0 Å². The predicted octanol–water partition coefficient (Wildman–Crippen LogP) is -1.18. The highest BCUT2D eigenvalue weighted by molar-refractivity contribution is 7.99. The Morgan fingerprint density at radius 2 is 2.08 bits per heavy atom. The summed E-state index contributed by atoms with van der Waals surface area (Å²) in [5.74, 6) is 0.505. The summed E-state index contributed by atoms with van der Waals surface area (Å²) in [6, 6.07) is 3.77. The average molecular weight is 370 g/mol. The molecule has 10 heteroatoms. The predicted molar refractivity (Wildman–Crippen MR) is 93.4 cm³/mol. The fourth-order valence-electron chi connectivity index (χ4n) is 2.31. The molecule has 9 nitrogen and oxygen atoms in total. The summed E-state index contributed by atoms with van der Waals surface area (Å²) < 4.78 is 10.3. The van der Waals surface area contributed by atoms with Crippen molar-refractivity contribution in [3.8, 4) is 11.5 Å². The first-order valence-corrected chi connectivity index (χ1v) is 8.62. The quantitative estimate of drug-likeness (QED) is 0.405. The minimum Gasteiger partial charge on any atom is -0.493 e. The number of hydrogen-bond acceptors (Lipinski definition) is 8. The molecule has 0 saturated carbocycles. The lowest BCUT2D eigenvalue weighted by molar-refractivity contribution is -0.125. The third-order valence-electron chi connectivity index (χ3n) is 3.57. The molecule has 3 atom stereocenters. The first-order chi connectivity index (χ1) is 12.0. The summed E-state index contributed by atoms with van der Waals surface area (Å²) in [5.41, 5.74) is 5.85. The molecule has 138 valence electrons. The van der Waals surface area contributed by atoms with Gasteiger partial charge in [-0.05, 0) is 18.2 Å². The molecule has 0 spiro atoms. The van der Waals surface area contributed by atoms with Crippen molar-refractivity contribution in [2.75, 3.05) is 26.6 Å². The van der Waals surface area contributed by atoms with E-state index < -0.39 is 29.5 Å². The Morgan fingerprint density at radius 1 is 1.36 bits per heavy atom. The number of benzene rings is 1. The molecule has 6 N–H and O–H groups in total. The van der Waals surface area contributed by atoms with Crippen molar-refractivity contribution in [2.24, 2.45) is 5.73 Å². The molecule has 1 aromatic carbocycles. The Kier molecular flexibility index (Phi) is 6.88. The number of carbonyl (C=O) groups is 2. The summed E-state index contributed by atoms with van der Waals surface area (Å²) in [7, 11) is 2.97. The number of aliphatic hydroxyl groups is 1. The molecule has 1 aliphatic rings. The van der Waals surface area contributed by atoms with Crippen molar-refractivity contribution >= 4 is 23.6 Å². The van der Waals surface area contributed by atoms with Crippen LogP contribution in [0.3, 0.4) is 0 Å². The van der Waals surface area contributed by atoms with Gasteiger partial charge in [0.2, 0.25) is 5.91 Å². The lowest BCUT2D eigenvalue weighted by atomic mass is 10.1. The molecule has 2 amide bonds. The van der Waals surface area contributed by atoms with Crippen LogP contribution in [0.2, 0.25) is 0 Å². The number of rotatable bonds is 7. The molecule has 1 aromatic rings. The molecule has 1 aliphatic heterocycles. The highest BCUT2D eigenvalue weighted by Crippen LogP contribution is 2.27. The van der Waals surface area contributed by atoms with Gasteiger partial charge in [-0.2, -0.15) is 0 Å². The monoisotopic (exact) mass is 370 g/mol. The first-order valence-electron chi connectivity index (χ1n) is 7.57. The Bertz CT molecular complexity index is 630. The third-order valence-corrected chi connectivity index (χ3v) is 4.57. The number of amides is 2. The average Bonchev–Trinajstić information content (AvgIpc) is 2.62. The maximum absolute atomic E-state index is 12.4. The van der Waals surface area contributed by atoms with Gasteiger partial charge in [0.1, 0.15) is 11.5 Å². The van der Waals surface area contributed by atoms with Gasteiger partial charge in [-0.25, -0.2) is 0 Å². The second kappa shape index (κ2) is 8.90. The van der Waals surface area contributed by atoms with E-state index in [0.717, 1.165) is 0 Å². The van der Waals surface area contributed by atoms with Crippen LogP contribution in [0.1, 0.15) is 10.4 Å². The molecule has 0 radical (unpaired) electrons. The van der Waals surface area contributed by atoms with Gasteiger partial charge < -0.3 is 30.9 Å².